The van der Waals surface area contributed by atoms with Crippen molar-refractivity contribution >= 4 is 23.1 Å². The maximum atomic E-state index is 12.8. The van der Waals surface area contributed by atoms with Crippen LogP contribution < -0.4 is 4.90 Å². The molecule has 4 rings (SSSR count). The molecule has 4 heteroatoms. The van der Waals surface area contributed by atoms with Crippen LogP contribution in [0.4, 0.5) is 5.69 Å². The lowest BCUT2D eigenvalue weighted by Gasteiger charge is -2.38. The summed E-state index contributed by atoms with van der Waals surface area (Å²) in [6.07, 6.45) is 0.721. The Morgan fingerprint density at radius 3 is 2.46 bits per heavy atom. The molecule has 4 atom stereocenters. The van der Waals surface area contributed by atoms with E-state index >= 15 is 0 Å². The highest BCUT2D eigenvalue weighted by atomic mass is 35.5. The van der Waals surface area contributed by atoms with E-state index in [0.29, 0.717) is 11.6 Å². The summed E-state index contributed by atoms with van der Waals surface area (Å²) in [5.41, 5.74) is 0.844. The minimum absolute atomic E-state index is 0.0379. The molecule has 2 fully saturated rings. The Kier molecular flexibility index (Phi) is 3.66. The lowest BCUT2D eigenvalue weighted by molar-refractivity contribution is -0.142. The fraction of sp³-hybridized carbons (Fsp3) is 0.350. The molecule has 0 radical (unpaired) electrons. The molecular formula is C20H20ClNO2. The van der Waals surface area contributed by atoms with Gasteiger partial charge in [-0.2, -0.15) is 0 Å². The molecule has 1 N–H and O–H groups in total. The number of ketones is 1. The summed E-state index contributed by atoms with van der Waals surface area (Å²) in [6, 6.07) is 17.4. The van der Waals surface area contributed by atoms with Gasteiger partial charge in [-0.1, -0.05) is 48.9 Å². The van der Waals surface area contributed by atoms with Gasteiger partial charge in [0.15, 0.2) is 5.78 Å². The fourth-order valence-corrected chi connectivity index (χ4v) is 4.41. The van der Waals surface area contributed by atoms with Crippen LogP contribution in [0.5, 0.6) is 0 Å². The van der Waals surface area contributed by atoms with Crippen molar-refractivity contribution in [2.75, 3.05) is 11.4 Å². The average Bonchev–Trinajstić information content (AvgIpc) is 2.78. The minimum atomic E-state index is -1.29. The molecule has 0 amide bonds. The zero-order valence-electron chi connectivity index (χ0n) is 13.5. The summed E-state index contributed by atoms with van der Waals surface area (Å²) in [6.45, 7) is 2.35. The standard InChI is InChI=1S/C20H20ClNO2/c1-13-17(14-7-9-15(21)10-8-14)11-18-19(23)20(13,24)12-22(18)16-5-3-2-4-6-16/h2-10,13,17-18,24H,11-12H2,1H3/t13-,17-,18+,20+/m1/s1. The summed E-state index contributed by atoms with van der Waals surface area (Å²) in [4.78, 5) is 14.9. The Balaban J connectivity index is 1.72. The van der Waals surface area contributed by atoms with Gasteiger partial charge in [0.2, 0.25) is 0 Å². The number of benzene rings is 2. The Morgan fingerprint density at radius 2 is 1.79 bits per heavy atom. The molecule has 2 aromatic carbocycles. The Hall–Kier alpha value is -1.84. The molecule has 24 heavy (non-hydrogen) atoms. The van der Waals surface area contributed by atoms with Gasteiger partial charge in [0.1, 0.15) is 5.60 Å². The third kappa shape index (κ3) is 2.27. The smallest absolute Gasteiger partial charge is 0.188 e. The van der Waals surface area contributed by atoms with Crippen molar-refractivity contribution in [1.29, 1.82) is 0 Å². The first-order valence-corrected chi connectivity index (χ1v) is 8.72. The second-order valence-corrected chi connectivity index (χ2v) is 7.39. The summed E-state index contributed by atoms with van der Waals surface area (Å²) in [5.74, 6) is -0.0242. The molecule has 2 bridgehead atoms. The van der Waals surface area contributed by atoms with Crippen molar-refractivity contribution in [2.45, 2.75) is 30.9 Å². The second-order valence-electron chi connectivity index (χ2n) is 6.95. The van der Waals surface area contributed by atoms with Crippen molar-refractivity contribution < 1.29 is 9.90 Å². The summed E-state index contributed by atoms with van der Waals surface area (Å²) >= 11 is 6.00. The highest BCUT2D eigenvalue weighted by molar-refractivity contribution is 6.30. The van der Waals surface area contributed by atoms with E-state index in [1.807, 2.05) is 61.5 Å². The number of fused-ring (bicyclic) bond motifs is 2. The van der Waals surface area contributed by atoms with E-state index in [4.69, 9.17) is 11.6 Å². The number of hydrogen-bond acceptors (Lipinski definition) is 3. The van der Waals surface area contributed by atoms with Crippen molar-refractivity contribution in [3.05, 3.63) is 65.2 Å². The van der Waals surface area contributed by atoms with E-state index in [9.17, 15) is 9.90 Å². The van der Waals surface area contributed by atoms with Gasteiger partial charge in [-0.25, -0.2) is 0 Å². The molecule has 2 aliphatic rings. The number of para-hydroxylation sites is 1. The van der Waals surface area contributed by atoms with Crippen LogP contribution in [0.3, 0.4) is 0 Å². The molecule has 1 aliphatic carbocycles. The molecular weight excluding hydrogens is 322 g/mol. The number of nitrogens with zero attached hydrogens (tertiary/aromatic N) is 1. The zero-order chi connectivity index (χ0) is 16.9. The number of aliphatic hydroxyl groups is 1. The molecule has 0 aromatic heterocycles. The van der Waals surface area contributed by atoms with Crippen molar-refractivity contribution in [1.82, 2.24) is 0 Å². The fourth-order valence-electron chi connectivity index (χ4n) is 4.28. The minimum Gasteiger partial charge on any atom is -0.380 e. The lowest BCUT2D eigenvalue weighted by Crippen LogP contribution is -2.51. The van der Waals surface area contributed by atoms with E-state index in [0.717, 1.165) is 17.7 Å². The number of rotatable bonds is 2. The van der Waals surface area contributed by atoms with Gasteiger partial charge in [0, 0.05) is 16.6 Å². The summed E-state index contributed by atoms with van der Waals surface area (Å²) < 4.78 is 0. The van der Waals surface area contributed by atoms with Crippen molar-refractivity contribution in [3.63, 3.8) is 0 Å². The van der Waals surface area contributed by atoms with Gasteiger partial charge in [0.05, 0.1) is 12.6 Å². The normalized spacial score (nSPS) is 32.2. The maximum Gasteiger partial charge on any atom is 0.188 e. The van der Waals surface area contributed by atoms with Crippen LogP contribution in [-0.2, 0) is 4.79 Å². The Labute approximate surface area is 146 Å². The summed E-state index contributed by atoms with van der Waals surface area (Å²) in [7, 11) is 0. The molecule has 3 nitrogen and oxygen atoms in total. The van der Waals surface area contributed by atoms with Crippen LogP contribution in [0.1, 0.15) is 24.8 Å². The van der Waals surface area contributed by atoms with Gasteiger partial charge in [-0.3, -0.25) is 4.79 Å². The topological polar surface area (TPSA) is 40.5 Å². The number of Topliss-reactive ketones (excluding diaryl/α,β-unsaturated/α-hetero) is 1. The molecule has 0 spiro atoms. The van der Waals surface area contributed by atoms with Crippen molar-refractivity contribution in [2.24, 2.45) is 5.92 Å². The van der Waals surface area contributed by atoms with Gasteiger partial charge in [-0.05, 0) is 42.2 Å². The third-order valence-electron chi connectivity index (χ3n) is 5.74. The van der Waals surface area contributed by atoms with Crippen LogP contribution in [0.15, 0.2) is 54.6 Å². The first-order chi connectivity index (χ1) is 11.5. The Bertz CT molecular complexity index is 761. The Morgan fingerprint density at radius 1 is 1.12 bits per heavy atom. The van der Waals surface area contributed by atoms with E-state index in [2.05, 4.69) is 4.90 Å². The molecule has 1 saturated carbocycles. The SMILES string of the molecule is C[C@@H]1[C@H](c2ccc(Cl)cc2)C[C@H]2C(=O)[C@]1(O)CN2c1ccccc1. The van der Waals surface area contributed by atoms with E-state index < -0.39 is 5.60 Å². The van der Waals surface area contributed by atoms with Crippen molar-refractivity contribution in [3.8, 4) is 0 Å². The van der Waals surface area contributed by atoms with Gasteiger partial charge < -0.3 is 10.0 Å². The molecule has 2 aromatic rings. The van der Waals surface area contributed by atoms with E-state index in [1.165, 1.54) is 0 Å². The summed E-state index contributed by atoms with van der Waals surface area (Å²) in [5, 5.41) is 11.9. The molecule has 1 aliphatic heterocycles. The molecule has 1 heterocycles. The third-order valence-corrected chi connectivity index (χ3v) is 5.99. The van der Waals surface area contributed by atoms with Crippen LogP contribution in [0, 0.1) is 5.92 Å². The van der Waals surface area contributed by atoms with Crippen LogP contribution in [0.2, 0.25) is 5.02 Å². The van der Waals surface area contributed by atoms with Gasteiger partial charge in [0.25, 0.3) is 0 Å². The predicted molar refractivity (Wildman–Crippen MR) is 95.5 cm³/mol. The highest BCUT2D eigenvalue weighted by Gasteiger charge is 2.60. The number of carbonyl (C=O) groups excluding carboxylic acids is 1. The first kappa shape index (κ1) is 15.7. The molecule has 1 saturated heterocycles. The first-order valence-electron chi connectivity index (χ1n) is 8.34. The largest absolute Gasteiger partial charge is 0.380 e. The number of carbonyl (C=O) groups is 1. The number of halogens is 1. The van der Waals surface area contributed by atoms with E-state index in [1.54, 1.807) is 0 Å². The maximum absolute atomic E-state index is 12.8. The lowest BCUT2D eigenvalue weighted by atomic mass is 9.67. The van der Waals surface area contributed by atoms with Crippen LogP contribution in [0.25, 0.3) is 0 Å². The van der Waals surface area contributed by atoms with Gasteiger partial charge in [-0.15, -0.1) is 0 Å². The number of anilines is 1. The van der Waals surface area contributed by atoms with Gasteiger partial charge >= 0.3 is 0 Å². The molecule has 124 valence electrons. The average molecular weight is 342 g/mol. The monoisotopic (exact) mass is 341 g/mol. The number of β-amino-alcohol motifs (C(OH)–C–C–N with tert-alkyl or cyclic N) is 1. The second kappa shape index (κ2) is 5.61. The van der Waals surface area contributed by atoms with Crippen LogP contribution in [-0.4, -0.2) is 29.1 Å². The number of hydrogen-bond donors (Lipinski definition) is 1. The van der Waals surface area contributed by atoms with Crippen LogP contribution >= 0.6 is 11.6 Å². The van der Waals surface area contributed by atoms with E-state index in [-0.39, 0.29) is 23.7 Å². The highest BCUT2D eigenvalue weighted by Crippen LogP contribution is 2.48. The molecule has 0 unspecified atom stereocenters. The zero-order valence-corrected chi connectivity index (χ0v) is 14.3. The predicted octanol–water partition coefficient (Wildman–Crippen LogP) is 3.65. The quantitative estimate of drug-likeness (QED) is 0.906.